The topological polar surface area (TPSA) is 87.2 Å². The number of H-pyrrole nitrogens is 1. The van der Waals surface area contributed by atoms with Gasteiger partial charge in [0, 0.05) is 37.6 Å². The lowest BCUT2D eigenvalue weighted by molar-refractivity contribution is -0.120. The maximum absolute atomic E-state index is 13.8. The second kappa shape index (κ2) is 5.84. The van der Waals surface area contributed by atoms with Crippen molar-refractivity contribution in [1.82, 2.24) is 14.9 Å². The normalized spacial score (nSPS) is 24.2. The van der Waals surface area contributed by atoms with E-state index in [1.54, 1.807) is 32.4 Å². The number of fused-ring (bicyclic) bond motifs is 3. The number of amides is 2. The number of nitrogens with one attached hydrogen (secondary N) is 2. The third kappa shape index (κ3) is 2.41. The smallest absolute Gasteiger partial charge is 0.274 e. The molecule has 6 rings (SSSR count). The van der Waals surface area contributed by atoms with Crippen molar-refractivity contribution in [3.63, 3.8) is 0 Å². The molecule has 31 heavy (non-hydrogen) atoms. The third-order valence-corrected chi connectivity index (χ3v) is 6.98. The van der Waals surface area contributed by atoms with Crippen molar-refractivity contribution in [1.29, 1.82) is 0 Å². The number of aryl methyl sites for hydroxylation is 1. The first-order valence-electron chi connectivity index (χ1n) is 10.4. The average molecular weight is 420 g/mol. The van der Waals surface area contributed by atoms with Crippen molar-refractivity contribution in [2.24, 2.45) is 7.05 Å². The molecule has 0 radical (unpaired) electrons. The van der Waals surface area contributed by atoms with Crippen LogP contribution in [0.4, 0.5) is 10.1 Å². The van der Waals surface area contributed by atoms with E-state index >= 15 is 0 Å². The first kappa shape index (κ1) is 18.4. The van der Waals surface area contributed by atoms with E-state index in [1.807, 2.05) is 0 Å². The van der Waals surface area contributed by atoms with E-state index in [0.29, 0.717) is 28.7 Å². The molecular weight excluding hydrogens is 399 g/mol. The van der Waals surface area contributed by atoms with Crippen LogP contribution >= 0.6 is 0 Å². The molecule has 2 fully saturated rings. The molecule has 2 saturated carbocycles. The molecule has 2 aromatic heterocycles. The first-order valence-corrected chi connectivity index (χ1v) is 10.4. The summed E-state index contributed by atoms with van der Waals surface area (Å²) in [4.78, 5) is 43.0. The summed E-state index contributed by atoms with van der Waals surface area (Å²) in [6.07, 6.45) is 4.28. The van der Waals surface area contributed by atoms with Gasteiger partial charge in [0.15, 0.2) is 0 Å². The summed E-state index contributed by atoms with van der Waals surface area (Å²) >= 11 is 0. The van der Waals surface area contributed by atoms with Gasteiger partial charge < -0.3 is 19.8 Å². The number of likely N-dealkylation sites (N-methyl/N-ethyl adjacent to an activating group) is 1. The lowest BCUT2D eigenvalue weighted by Crippen LogP contribution is -2.29. The molecule has 1 aliphatic heterocycles. The van der Waals surface area contributed by atoms with E-state index < -0.39 is 5.41 Å². The highest BCUT2D eigenvalue weighted by molar-refractivity contribution is 6.11. The molecule has 3 aliphatic rings. The van der Waals surface area contributed by atoms with Crippen LogP contribution < -0.4 is 15.8 Å². The highest BCUT2D eigenvalue weighted by atomic mass is 19.1. The predicted octanol–water partition coefficient (Wildman–Crippen LogP) is 2.30. The number of benzene rings is 1. The summed E-state index contributed by atoms with van der Waals surface area (Å²) in [6.45, 7) is 0. The van der Waals surface area contributed by atoms with E-state index in [4.69, 9.17) is 0 Å². The molecule has 2 atom stereocenters. The van der Waals surface area contributed by atoms with E-state index in [9.17, 15) is 18.8 Å². The number of carbonyl (C=O) groups is 2. The van der Waals surface area contributed by atoms with Crippen molar-refractivity contribution in [3.05, 3.63) is 63.5 Å². The summed E-state index contributed by atoms with van der Waals surface area (Å²) in [5.74, 6) is -0.829. The van der Waals surface area contributed by atoms with Gasteiger partial charge in [-0.2, -0.15) is 0 Å². The minimum Gasteiger partial charge on any atom is -0.348 e. The van der Waals surface area contributed by atoms with Crippen LogP contribution in [0.3, 0.4) is 0 Å². The Hall–Kier alpha value is -3.42. The van der Waals surface area contributed by atoms with Crippen LogP contribution in [0.25, 0.3) is 10.9 Å². The molecule has 2 amide bonds. The van der Waals surface area contributed by atoms with Crippen molar-refractivity contribution < 1.29 is 14.0 Å². The Morgan fingerprint density at radius 1 is 1.23 bits per heavy atom. The summed E-state index contributed by atoms with van der Waals surface area (Å²) in [5, 5.41) is 3.60. The van der Waals surface area contributed by atoms with E-state index in [0.717, 1.165) is 24.0 Å². The van der Waals surface area contributed by atoms with E-state index in [-0.39, 0.29) is 35.2 Å². The van der Waals surface area contributed by atoms with Gasteiger partial charge in [0.05, 0.1) is 11.1 Å². The Kier molecular flexibility index (Phi) is 3.46. The van der Waals surface area contributed by atoms with Crippen LogP contribution in [0.15, 0.2) is 35.3 Å². The summed E-state index contributed by atoms with van der Waals surface area (Å²) in [5.41, 5.74) is 1.98. The number of hydrogen-bond acceptors (Lipinski definition) is 3. The monoisotopic (exact) mass is 420 g/mol. The molecule has 2 N–H and O–H groups in total. The minimum atomic E-state index is -0.754. The van der Waals surface area contributed by atoms with Crippen molar-refractivity contribution in [2.45, 2.75) is 36.6 Å². The Bertz CT molecular complexity index is 1370. The fraction of sp³-hybridized carbons (Fsp3) is 0.348. The maximum Gasteiger partial charge on any atom is 0.274 e. The molecule has 3 heterocycles. The zero-order valence-electron chi connectivity index (χ0n) is 17.2. The molecule has 0 unspecified atom stereocenters. The third-order valence-electron chi connectivity index (χ3n) is 6.98. The number of aromatic amines is 1. The minimum absolute atomic E-state index is 0.0673. The van der Waals surface area contributed by atoms with Crippen LogP contribution in [0.5, 0.6) is 0 Å². The molecule has 3 aromatic rings. The van der Waals surface area contributed by atoms with Gasteiger partial charge in [-0.25, -0.2) is 4.39 Å². The fourth-order valence-corrected chi connectivity index (χ4v) is 5.11. The van der Waals surface area contributed by atoms with Crippen molar-refractivity contribution >= 4 is 28.4 Å². The first-order chi connectivity index (χ1) is 14.8. The highest BCUT2D eigenvalue weighted by Crippen LogP contribution is 2.66. The zero-order chi connectivity index (χ0) is 21.7. The fourth-order valence-electron chi connectivity index (χ4n) is 5.11. The number of aromatic nitrogens is 2. The van der Waals surface area contributed by atoms with Crippen LogP contribution in [0.1, 0.15) is 46.8 Å². The number of pyridine rings is 1. The lowest BCUT2D eigenvalue weighted by Gasteiger charge is -2.12. The summed E-state index contributed by atoms with van der Waals surface area (Å²) in [7, 11) is 3.33. The summed E-state index contributed by atoms with van der Waals surface area (Å²) < 4.78 is 15.3. The van der Waals surface area contributed by atoms with Gasteiger partial charge >= 0.3 is 0 Å². The molecule has 1 spiro atoms. The molecule has 7 nitrogen and oxygen atoms in total. The zero-order valence-corrected chi connectivity index (χ0v) is 17.2. The Balaban J connectivity index is 1.48. The number of hydrogen-bond donors (Lipinski definition) is 2. The van der Waals surface area contributed by atoms with Gasteiger partial charge in [-0.05, 0) is 48.6 Å². The Morgan fingerprint density at radius 2 is 2.00 bits per heavy atom. The molecule has 2 aliphatic carbocycles. The highest BCUT2D eigenvalue weighted by Gasteiger charge is 2.67. The van der Waals surface area contributed by atoms with Gasteiger partial charge in [-0.15, -0.1) is 0 Å². The lowest BCUT2D eigenvalue weighted by atomic mass is 9.91. The number of anilines is 1. The maximum atomic E-state index is 13.8. The van der Waals surface area contributed by atoms with Crippen molar-refractivity contribution in [2.75, 3.05) is 11.9 Å². The predicted molar refractivity (Wildman–Crippen MR) is 113 cm³/mol. The number of nitrogens with zero attached hydrogens (tertiary/aromatic N) is 2. The van der Waals surface area contributed by atoms with Gasteiger partial charge in [0.25, 0.3) is 11.5 Å². The molecule has 0 saturated heterocycles. The Labute approximate surface area is 176 Å². The number of rotatable bonds is 3. The largest absolute Gasteiger partial charge is 0.348 e. The molecule has 0 bridgehead atoms. The van der Waals surface area contributed by atoms with E-state index in [2.05, 4.69) is 10.3 Å². The number of carbonyl (C=O) groups excluding carboxylic acids is 2. The standard InChI is InChI=1S/C23H21FN4O3/c1-27-10-14(13-8-17(26-19(13)21(27)30)20(29)25-12-4-5-12)16-9-23(16)15-6-3-11(24)7-18(15)28(2)22(23)31/h3,6-8,10,12,16,26H,4-5,9H2,1-2H3,(H,25,29)/t16-,23-/m0/s1. The van der Waals surface area contributed by atoms with Crippen LogP contribution in [-0.2, 0) is 17.3 Å². The molecule has 8 heteroatoms. The van der Waals surface area contributed by atoms with Gasteiger partial charge in [0.2, 0.25) is 5.91 Å². The van der Waals surface area contributed by atoms with Gasteiger partial charge in [0.1, 0.15) is 17.0 Å². The van der Waals surface area contributed by atoms with Gasteiger partial charge in [-0.1, -0.05) is 6.07 Å². The molecule has 158 valence electrons. The SMILES string of the molecule is CN1C(=O)[C@@]2(C[C@H]2c2cn(C)c(=O)c3[nH]c(C(=O)NC4CC4)cc23)c2ccc(F)cc21. The van der Waals surface area contributed by atoms with Crippen molar-refractivity contribution in [3.8, 4) is 0 Å². The quantitative estimate of drug-likeness (QED) is 0.682. The Morgan fingerprint density at radius 3 is 2.74 bits per heavy atom. The van der Waals surface area contributed by atoms with Gasteiger partial charge in [-0.3, -0.25) is 14.4 Å². The van der Waals surface area contributed by atoms with E-state index in [1.165, 1.54) is 21.6 Å². The molecule has 1 aromatic carbocycles. The van der Waals surface area contributed by atoms with Crippen LogP contribution in [0.2, 0.25) is 0 Å². The van der Waals surface area contributed by atoms with Crippen LogP contribution in [0, 0.1) is 5.82 Å². The second-order valence-electron chi connectivity index (χ2n) is 8.97. The second-order valence-corrected chi connectivity index (χ2v) is 8.97. The number of halogens is 1. The summed E-state index contributed by atoms with van der Waals surface area (Å²) in [6, 6.07) is 6.39. The van der Waals surface area contributed by atoms with Crippen LogP contribution in [-0.4, -0.2) is 34.5 Å². The average Bonchev–Trinajstić information content (AvgIpc) is 3.64. The molecular formula is C23H21FN4O3.